The van der Waals surface area contributed by atoms with Crippen molar-refractivity contribution in [1.29, 1.82) is 0 Å². The van der Waals surface area contributed by atoms with E-state index in [4.69, 9.17) is 9.72 Å². The molecule has 1 atom stereocenters. The van der Waals surface area contributed by atoms with Gasteiger partial charge in [0.15, 0.2) is 5.16 Å². The average molecular weight is 415 g/mol. The second-order valence-corrected chi connectivity index (χ2v) is 9.17. The van der Waals surface area contributed by atoms with Crippen LogP contribution in [0.1, 0.15) is 41.7 Å². The number of rotatable bonds is 4. The van der Waals surface area contributed by atoms with E-state index < -0.39 is 0 Å². The molecule has 2 aromatic heterocycles. The van der Waals surface area contributed by atoms with Crippen LogP contribution in [0.2, 0.25) is 0 Å². The Morgan fingerprint density at radius 1 is 1.36 bits per heavy atom. The lowest BCUT2D eigenvalue weighted by Crippen LogP contribution is -2.23. The van der Waals surface area contributed by atoms with Gasteiger partial charge in [-0.1, -0.05) is 36.4 Å². The lowest BCUT2D eigenvalue weighted by Gasteiger charge is -2.19. The molecule has 0 saturated heterocycles. The van der Waals surface area contributed by atoms with Gasteiger partial charge in [-0.05, 0) is 49.8 Å². The minimum Gasteiger partial charge on any atom is -0.468 e. The summed E-state index contributed by atoms with van der Waals surface area (Å²) in [5, 5.41) is 1.27. The van der Waals surface area contributed by atoms with Crippen LogP contribution < -0.4 is 5.56 Å². The maximum absolute atomic E-state index is 13.6. The molecule has 146 valence electrons. The molecule has 1 unspecified atom stereocenters. The van der Waals surface area contributed by atoms with Crippen molar-refractivity contribution < 1.29 is 9.53 Å². The molecule has 0 aliphatic heterocycles. The van der Waals surface area contributed by atoms with Crippen molar-refractivity contribution in [2.45, 2.75) is 44.2 Å². The summed E-state index contributed by atoms with van der Waals surface area (Å²) in [6.45, 7) is 4.21. The minimum atomic E-state index is -0.339. The molecule has 2 heterocycles. The molecule has 4 rings (SSSR count). The summed E-state index contributed by atoms with van der Waals surface area (Å²) in [7, 11) is 1.36. The molecule has 0 amide bonds. The first-order valence-corrected chi connectivity index (χ1v) is 11.1. The van der Waals surface area contributed by atoms with E-state index in [0.717, 1.165) is 40.7 Å². The van der Waals surface area contributed by atoms with Crippen LogP contribution in [0.4, 0.5) is 0 Å². The van der Waals surface area contributed by atoms with E-state index in [9.17, 15) is 9.59 Å². The highest BCUT2D eigenvalue weighted by atomic mass is 32.2. The Hall–Kier alpha value is -2.12. The second-order valence-electron chi connectivity index (χ2n) is 7.15. The van der Waals surface area contributed by atoms with Crippen molar-refractivity contribution >= 4 is 39.3 Å². The molecular weight excluding hydrogens is 392 g/mol. The van der Waals surface area contributed by atoms with Gasteiger partial charge in [-0.25, -0.2) is 4.98 Å². The number of fused-ring (bicyclic) bond motifs is 3. The summed E-state index contributed by atoms with van der Waals surface area (Å²) < 4.78 is 6.40. The zero-order chi connectivity index (χ0) is 19.8. The number of thiophene rings is 1. The Bertz CT molecular complexity index is 1100. The number of esters is 1. The minimum absolute atomic E-state index is 0.0486. The molecule has 7 heteroatoms. The zero-order valence-electron chi connectivity index (χ0n) is 16.2. The smallest absolute Gasteiger partial charge is 0.316 e. The third kappa shape index (κ3) is 3.37. The van der Waals surface area contributed by atoms with E-state index in [2.05, 4.69) is 6.92 Å². The van der Waals surface area contributed by atoms with Gasteiger partial charge in [0.05, 0.1) is 23.9 Å². The molecule has 0 bridgehead atoms. The summed E-state index contributed by atoms with van der Waals surface area (Å²) in [6, 6.07) is 7.81. The van der Waals surface area contributed by atoms with Gasteiger partial charge in [-0.3, -0.25) is 14.2 Å². The molecule has 0 radical (unpaired) electrons. The average Bonchev–Trinajstić information content (AvgIpc) is 3.07. The predicted molar refractivity (Wildman–Crippen MR) is 114 cm³/mol. The number of hydrogen-bond acceptors (Lipinski definition) is 6. The van der Waals surface area contributed by atoms with Crippen LogP contribution in [-0.2, 0) is 16.0 Å². The van der Waals surface area contributed by atoms with E-state index in [1.807, 2.05) is 31.2 Å². The topological polar surface area (TPSA) is 61.2 Å². The van der Waals surface area contributed by atoms with Gasteiger partial charge < -0.3 is 4.74 Å². The van der Waals surface area contributed by atoms with E-state index in [-0.39, 0.29) is 17.3 Å². The highest BCUT2D eigenvalue weighted by Crippen LogP contribution is 2.40. The molecular formula is C21H22N2O3S2. The highest BCUT2D eigenvalue weighted by Gasteiger charge is 2.26. The standard InChI is InChI=1S/C21H22N2O3S2/c1-12-7-9-14(10-8-12)23-20(25)18-17-13(2)5-4-6-15(17)28-19(18)22-21(23)27-11-16(24)26-3/h7-10,13H,4-6,11H2,1-3H3. The Kier molecular flexibility index (Phi) is 5.29. The zero-order valence-corrected chi connectivity index (χ0v) is 17.8. The Labute approximate surface area is 171 Å². The van der Waals surface area contributed by atoms with Gasteiger partial charge in [0.25, 0.3) is 5.56 Å². The first-order chi connectivity index (χ1) is 13.5. The fraction of sp³-hybridized carbons (Fsp3) is 0.381. The maximum Gasteiger partial charge on any atom is 0.316 e. The van der Waals surface area contributed by atoms with Crippen LogP contribution >= 0.6 is 23.1 Å². The largest absolute Gasteiger partial charge is 0.468 e. The van der Waals surface area contributed by atoms with Crippen molar-refractivity contribution in [3.63, 3.8) is 0 Å². The summed E-state index contributed by atoms with van der Waals surface area (Å²) in [5.74, 6) is 0.142. The third-order valence-corrected chi connectivity index (χ3v) is 7.25. The Morgan fingerprint density at radius 3 is 2.82 bits per heavy atom. The quantitative estimate of drug-likeness (QED) is 0.358. The summed E-state index contributed by atoms with van der Waals surface area (Å²) >= 11 is 2.86. The van der Waals surface area contributed by atoms with Crippen molar-refractivity contribution in [1.82, 2.24) is 9.55 Å². The van der Waals surface area contributed by atoms with Gasteiger partial charge >= 0.3 is 5.97 Å². The van der Waals surface area contributed by atoms with E-state index in [1.54, 1.807) is 15.9 Å². The number of carbonyl (C=O) groups excluding carboxylic acids is 1. The summed E-state index contributed by atoms with van der Waals surface area (Å²) in [6.07, 6.45) is 3.26. The molecule has 0 N–H and O–H groups in total. The number of thioether (sulfide) groups is 1. The van der Waals surface area contributed by atoms with Gasteiger partial charge in [0.2, 0.25) is 0 Å². The maximum atomic E-state index is 13.6. The molecule has 5 nitrogen and oxygen atoms in total. The van der Waals surface area contributed by atoms with Crippen LogP contribution in [0.3, 0.4) is 0 Å². The van der Waals surface area contributed by atoms with Crippen LogP contribution in [0.15, 0.2) is 34.2 Å². The van der Waals surface area contributed by atoms with Crippen molar-refractivity contribution in [2.24, 2.45) is 0 Å². The molecule has 0 fully saturated rings. The van der Waals surface area contributed by atoms with Crippen molar-refractivity contribution in [3.05, 3.63) is 50.6 Å². The molecule has 3 aromatic rings. The fourth-order valence-electron chi connectivity index (χ4n) is 3.72. The Morgan fingerprint density at radius 2 is 2.11 bits per heavy atom. The second kappa shape index (κ2) is 7.72. The Balaban J connectivity index is 1.95. The number of carbonyl (C=O) groups is 1. The molecule has 1 aromatic carbocycles. The number of aromatic nitrogens is 2. The summed E-state index contributed by atoms with van der Waals surface area (Å²) in [5.41, 5.74) is 3.01. The molecule has 1 aliphatic rings. The first-order valence-electron chi connectivity index (χ1n) is 9.34. The number of ether oxygens (including phenoxy) is 1. The first kappa shape index (κ1) is 19.2. The normalized spacial score (nSPS) is 16.2. The molecule has 1 aliphatic carbocycles. The fourth-order valence-corrected chi connectivity index (χ4v) is 5.94. The number of hydrogen-bond donors (Lipinski definition) is 0. The monoisotopic (exact) mass is 414 g/mol. The van der Waals surface area contributed by atoms with Crippen LogP contribution in [0, 0.1) is 6.92 Å². The SMILES string of the molecule is COC(=O)CSc1nc2sc3c(c2c(=O)n1-c1ccc(C)cc1)C(C)CCC3. The van der Waals surface area contributed by atoms with Crippen LogP contribution in [-0.4, -0.2) is 28.4 Å². The lowest BCUT2D eigenvalue weighted by atomic mass is 9.88. The molecule has 0 spiro atoms. The van der Waals surface area contributed by atoms with E-state index in [0.29, 0.717) is 11.1 Å². The van der Waals surface area contributed by atoms with Crippen molar-refractivity contribution in [3.8, 4) is 5.69 Å². The molecule has 28 heavy (non-hydrogen) atoms. The van der Waals surface area contributed by atoms with Gasteiger partial charge in [-0.15, -0.1) is 11.3 Å². The number of nitrogens with zero attached hydrogens (tertiary/aromatic N) is 2. The van der Waals surface area contributed by atoms with Crippen molar-refractivity contribution in [2.75, 3.05) is 12.9 Å². The highest BCUT2D eigenvalue weighted by molar-refractivity contribution is 7.99. The lowest BCUT2D eigenvalue weighted by molar-refractivity contribution is -0.137. The van der Waals surface area contributed by atoms with E-state index in [1.165, 1.54) is 29.3 Å². The number of aryl methyl sites for hydroxylation is 2. The summed E-state index contributed by atoms with van der Waals surface area (Å²) in [4.78, 5) is 32.2. The van der Waals surface area contributed by atoms with Gasteiger partial charge in [0, 0.05) is 4.88 Å². The van der Waals surface area contributed by atoms with Crippen LogP contribution in [0.5, 0.6) is 0 Å². The van der Waals surface area contributed by atoms with E-state index >= 15 is 0 Å². The number of methoxy groups -OCH3 is 1. The predicted octanol–water partition coefficient (Wildman–Crippen LogP) is 4.46. The third-order valence-electron chi connectivity index (χ3n) is 5.18. The molecule has 0 saturated carbocycles. The van der Waals surface area contributed by atoms with Gasteiger partial charge in [0.1, 0.15) is 4.83 Å². The number of benzene rings is 1. The van der Waals surface area contributed by atoms with Crippen LogP contribution in [0.25, 0.3) is 15.9 Å². The van der Waals surface area contributed by atoms with Gasteiger partial charge in [-0.2, -0.15) is 0 Å².